The van der Waals surface area contributed by atoms with Crippen molar-refractivity contribution in [2.75, 3.05) is 13.2 Å². The van der Waals surface area contributed by atoms with Gasteiger partial charge in [-0.05, 0) is 12.8 Å². The first-order valence-electron chi connectivity index (χ1n) is 14.3. The third-order valence-electron chi connectivity index (χ3n) is 6.13. The molecule has 1 atom stereocenters. The largest absolute Gasteiger partial charge is 0.469 e. The number of hydrogen-bond acceptors (Lipinski definition) is 6. The minimum Gasteiger partial charge on any atom is -0.462 e. The first-order valence-corrected chi connectivity index (χ1v) is 15.9. The van der Waals surface area contributed by atoms with Gasteiger partial charge in [0.05, 0.1) is 6.61 Å². The van der Waals surface area contributed by atoms with Crippen molar-refractivity contribution in [2.45, 2.75) is 148 Å². The molecule has 0 saturated carbocycles. The summed E-state index contributed by atoms with van der Waals surface area (Å²) in [6, 6.07) is 0. The molecule has 0 aromatic rings. The van der Waals surface area contributed by atoms with Gasteiger partial charge in [0, 0.05) is 12.8 Å². The Balaban J connectivity index is 4.04. The van der Waals surface area contributed by atoms with Gasteiger partial charge in [-0.15, -0.1) is 0 Å². The Morgan fingerprint density at radius 3 is 1.42 bits per heavy atom. The summed E-state index contributed by atoms with van der Waals surface area (Å²) in [5.41, 5.74) is 0. The first kappa shape index (κ1) is 35.0. The van der Waals surface area contributed by atoms with Crippen molar-refractivity contribution in [3.05, 3.63) is 0 Å². The monoisotopic (exact) mass is 536 g/mol. The van der Waals surface area contributed by atoms with E-state index >= 15 is 0 Å². The molecule has 0 bridgehead atoms. The third-order valence-corrected chi connectivity index (χ3v) is 6.61. The Labute approximate surface area is 219 Å². The van der Waals surface area contributed by atoms with E-state index in [1.165, 1.54) is 70.6 Å². The lowest BCUT2D eigenvalue weighted by atomic mass is 10.1. The normalized spacial score (nSPS) is 12.4. The summed E-state index contributed by atoms with van der Waals surface area (Å²) in [6.07, 6.45) is 19.9. The molecule has 0 amide bonds. The number of phosphoric ester groups is 1. The van der Waals surface area contributed by atoms with Gasteiger partial charge >= 0.3 is 19.8 Å². The van der Waals surface area contributed by atoms with Crippen LogP contribution in [0.1, 0.15) is 142 Å². The summed E-state index contributed by atoms with van der Waals surface area (Å²) in [5, 5.41) is 0. The van der Waals surface area contributed by atoms with Crippen molar-refractivity contribution < 1.29 is 37.9 Å². The van der Waals surface area contributed by atoms with E-state index in [0.29, 0.717) is 6.42 Å². The van der Waals surface area contributed by atoms with Crippen LogP contribution in [0.25, 0.3) is 0 Å². The van der Waals surface area contributed by atoms with Crippen LogP contribution in [0.15, 0.2) is 0 Å². The summed E-state index contributed by atoms with van der Waals surface area (Å²) in [5.74, 6) is -0.889. The molecule has 0 heterocycles. The predicted molar refractivity (Wildman–Crippen MR) is 143 cm³/mol. The molecular weight excluding hydrogens is 483 g/mol. The molecule has 0 saturated heterocycles. The summed E-state index contributed by atoms with van der Waals surface area (Å²) in [4.78, 5) is 42.1. The molecule has 0 aliphatic rings. The fourth-order valence-corrected chi connectivity index (χ4v) is 4.32. The molecule has 8 nitrogen and oxygen atoms in total. The Morgan fingerprint density at radius 1 is 0.611 bits per heavy atom. The van der Waals surface area contributed by atoms with Crippen molar-refractivity contribution >= 4 is 19.8 Å². The molecule has 36 heavy (non-hydrogen) atoms. The number of phosphoric acid groups is 1. The predicted octanol–water partition coefficient (Wildman–Crippen LogP) is 7.39. The van der Waals surface area contributed by atoms with Gasteiger partial charge in [0.1, 0.15) is 6.61 Å². The smallest absolute Gasteiger partial charge is 0.462 e. The zero-order chi connectivity index (χ0) is 26.9. The molecule has 0 rings (SSSR count). The molecule has 214 valence electrons. The molecule has 0 aliphatic heterocycles. The highest BCUT2D eigenvalue weighted by Crippen LogP contribution is 2.35. The van der Waals surface area contributed by atoms with E-state index in [1.807, 2.05) is 0 Å². The van der Waals surface area contributed by atoms with E-state index in [9.17, 15) is 14.2 Å². The maximum atomic E-state index is 12.1. The van der Waals surface area contributed by atoms with Crippen LogP contribution in [-0.2, 0) is 28.2 Å². The standard InChI is InChI=1S/C27H53O8P/c1-3-5-7-9-11-12-13-14-16-17-19-21-26(28)33-23-25(24-34-36(30,31)32)35-27(29)22-20-18-15-10-8-6-4-2/h25H,3-24H2,1-2H3,(H2,30,31,32)/t25-/m1/s1. The Kier molecular flexibility index (Phi) is 23.7. The lowest BCUT2D eigenvalue weighted by molar-refractivity contribution is -0.161. The van der Waals surface area contributed by atoms with Crippen LogP contribution in [0, 0.1) is 0 Å². The second kappa shape index (κ2) is 24.4. The van der Waals surface area contributed by atoms with E-state index in [2.05, 4.69) is 18.4 Å². The Bertz CT molecular complexity index is 578. The Hall–Kier alpha value is -0.950. The maximum absolute atomic E-state index is 12.1. The highest BCUT2D eigenvalue weighted by Gasteiger charge is 2.22. The molecule has 0 unspecified atom stereocenters. The van der Waals surface area contributed by atoms with Gasteiger partial charge in [0.15, 0.2) is 6.10 Å². The van der Waals surface area contributed by atoms with E-state index < -0.39 is 32.5 Å². The minimum atomic E-state index is -4.72. The zero-order valence-electron chi connectivity index (χ0n) is 22.9. The van der Waals surface area contributed by atoms with Crippen LogP contribution >= 0.6 is 7.82 Å². The average molecular weight is 537 g/mol. The fraction of sp³-hybridized carbons (Fsp3) is 0.926. The molecule has 0 aliphatic carbocycles. The van der Waals surface area contributed by atoms with Crippen LogP contribution in [0.5, 0.6) is 0 Å². The summed E-state index contributed by atoms with van der Waals surface area (Å²) < 4.78 is 26.0. The van der Waals surface area contributed by atoms with Crippen LogP contribution in [-0.4, -0.2) is 41.0 Å². The quantitative estimate of drug-likeness (QED) is 0.0667. The second-order valence-corrected chi connectivity index (χ2v) is 11.0. The van der Waals surface area contributed by atoms with Gasteiger partial charge < -0.3 is 19.3 Å². The molecule has 0 fully saturated rings. The van der Waals surface area contributed by atoms with Gasteiger partial charge in [0.2, 0.25) is 0 Å². The highest BCUT2D eigenvalue weighted by atomic mass is 31.2. The molecular formula is C27H53O8P. The third kappa shape index (κ3) is 26.1. The van der Waals surface area contributed by atoms with Crippen molar-refractivity contribution in [3.63, 3.8) is 0 Å². The van der Waals surface area contributed by atoms with Gasteiger partial charge in [-0.3, -0.25) is 14.1 Å². The lowest BCUT2D eigenvalue weighted by Crippen LogP contribution is -2.29. The molecule has 0 aromatic heterocycles. The van der Waals surface area contributed by atoms with Crippen molar-refractivity contribution in [1.82, 2.24) is 0 Å². The number of carbonyl (C=O) groups is 2. The number of carbonyl (C=O) groups excluding carboxylic acids is 2. The number of hydrogen-bond donors (Lipinski definition) is 2. The summed E-state index contributed by atoms with van der Waals surface area (Å²) in [6.45, 7) is 3.58. The average Bonchev–Trinajstić information content (AvgIpc) is 2.83. The molecule has 0 aromatic carbocycles. The van der Waals surface area contributed by atoms with E-state index in [1.54, 1.807) is 0 Å². The van der Waals surface area contributed by atoms with Crippen molar-refractivity contribution in [1.29, 1.82) is 0 Å². The highest BCUT2D eigenvalue weighted by molar-refractivity contribution is 7.46. The molecule has 2 N–H and O–H groups in total. The van der Waals surface area contributed by atoms with Crippen LogP contribution in [0.3, 0.4) is 0 Å². The number of ether oxygens (including phenoxy) is 2. The SMILES string of the molecule is CCCCCCCCCCCCCC(=O)OC[C@H](COP(=O)(O)O)OC(=O)CCCCCCCCC. The van der Waals surface area contributed by atoms with Crippen LogP contribution in [0.2, 0.25) is 0 Å². The van der Waals surface area contributed by atoms with E-state index in [0.717, 1.165) is 38.5 Å². The molecule has 0 radical (unpaired) electrons. The van der Waals surface area contributed by atoms with Crippen molar-refractivity contribution in [2.24, 2.45) is 0 Å². The second-order valence-electron chi connectivity index (χ2n) is 9.74. The van der Waals surface area contributed by atoms with Gasteiger partial charge in [-0.25, -0.2) is 4.57 Å². The molecule has 0 spiro atoms. The lowest BCUT2D eigenvalue weighted by Gasteiger charge is -2.18. The minimum absolute atomic E-state index is 0.215. The van der Waals surface area contributed by atoms with Crippen LogP contribution in [0.4, 0.5) is 0 Å². The van der Waals surface area contributed by atoms with E-state index in [-0.39, 0.29) is 19.4 Å². The maximum Gasteiger partial charge on any atom is 0.469 e. The number of rotatable bonds is 26. The van der Waals surface area contributed by atoms with Gasteiger partial charge in [0.25, 0.3) is 0 Å². The topological polar surface area (TPSA) is 119 Å². The molecule has 9 heteroatoms. The fourth-order valence-electron chi connectivity index (χ4n) is 3.96. The Morgan fingerprint density at radius 2 is 1.00 bits per heavy atom. The van der Waals surface area contributed by atoms with Gasteiger partial charge in [-0.1, -0.05) is 117 Å². The van der Waals surface area contributed by atoms with Gasteiger partial charge in [-0.2, -0.15) is 0 Å². The van der Waals surface area contributed by atoms with Crippen molar-refractivity contribution in [3.8, 4) is 0 Å². The number of unbranched alkanes of at least 4 members (excludes halogenated alkanes) is 16. The summed E-state index contributed by atoms with van der Waals surface area (Å²) >= 11 is 0. The number of esters is 2. The van der Waals surface area contributed by atoms with Crippen LogP contribution < -0.4 is 0 Å². The van der Waals surface area contributed by atoms with E-state index in [4.69, 9.17) is 19.3 Å². The zero-order valence-corrected chi connectivity index (χ0v) is 23.8. The first-order chi connectivity index (χ1) is 17.3. The summed E-state index contributed by atoms with van der Waals surface area (Å²) in [7, 11) is -4.72.